The van der Waals surface area contributed by atoms with E-state index in [-0.39, 0.29) is 0 Å². The molecule has 0 spiro atoms. The van der Waals surface area contributed by atoms with E-state index in [1.54, 1.807) is 0 Å². The van der Waals surface area contributed by atoms with Crippen LogP contribution < -0.4 is 0 Å². The largest absolute Gasteiger partial charge is 0.511 e. The topological polar surface area (TPSA) is 35.5 Å². The van der Waals surface area contributed by atoms with Crippen LogP contribution in [0, 0.1) is 0 Å². The van der Waals surface area contributed by atoms with Gasteiger partial charge in [-0.15, -0.1) is 25.3 Å². The van der Waals surface area contributed by atoms with Crippen LogP contribution >= 0.6 is 25.3 Å². The number of carbonyl (C=O) groups excluding carboxylic acids is 1. The zero-order chi connectivity index (χ0) is 9.56. The zero-order valence-electron chi connectivity index (χ0n) is 6.34. The van der Waals surface area contributed by atoms with E-state index >= 15 is 0 Å². The van der Waals surface area contributed by atoms with Crippen LogP contribution in [0.15, 0.2) is 25.3 Å². The number of hydrogen-bond acceptors (Lipinski definition) is 5. The summed E-state index contributed by atoms with van der Waals surface area (Å²) in [5, 5.41) is 0. The van der Waals surface area contributed by atoms with Gasteiger partial charge in [0.1, 0.15) is 0 Å². The minimum absolute atomic E-state index is 0.664. The normalized spacial score (nSPS) is 14.2. The van der Waals surface area contributed by atoms with Crippen molar-refractivity contribution in [3.63, 3.8) is 0 Å². The Kier molecular flexibility index (Phi) is 5.74. The Balaban J connectivity index is 3.73. The molecule has 2 atom stereocenters. The summed E-state index contributed by atoms with van der Waals surface area (Å²) >= 11 is 7.66. The first kappa shape index (κ1) is 11.4. The second kappa shape index (κ2) is 6.02. The van der Waals surface area contributed by atoms with Gasteiger partial charge >= 0.3 is 6.16 Å². The molecule has 0 rings (SSSR count). The van der Waals surface area contributed by atoms with Crippen LogP contribution in [0.2, 0.25) is 0 Å². The molecule has 3 nitrogen and oxygen atoms in total. The molecule has 0 saturated heterocycles. The molecule has 0 bridgehead atoms. The fraction of sp³-hybridized carbons (Fsp3) is 0.286. The van der Waals surface area contributed by atoms with Crippen LogP contribution in [0.1, 0.15) is 0 Å². The molecule has 0 N–H and O–H groups in total. The van der Waals surface area contributed by atoms with Crippen LogP contribution in [0.5, 0.6) is 0 Å². The predicted molar refractivity (Wildman–Crippen MR) is 53.5 cm³/mol. The number of ether oxygens (including phenoxy) is 2. The van der Waals surface area contributed by atoms with Crippen molar-refractivity contribution in [1.82, 2.24) is 0 Å². The van der Waals surface area contributed by atoms with E-state index in [9.17, 15) is 4.79 Å². The summed E-state index contributed by atoms with van der Waals surface area (Å²) in [5.74, 6) is 0. The van der Waals surface area contributed by atoms with Gasteiger partial charge in [0.15, 0.2) is 10.9 Å². The van der Waals surface area contributed by atoms with Crippen molar-refractivity contribution < 1.29 is 14.3 Å². The van der Waals surface area contributed by atoms with Crippen LogP contribution in [0.25, 0.3) is 0 Å². The van der Waals surface area contributed by atoms with Gasteiger partial charge in [0.25, 0.3) is 0 Å². The van der Waals surface area contributed by atoms with Gasteiger partial charge < -0.3 is 9.47 Å². The Morgan fingerprint density at radius 1 is 1.17 bits per heavy atom. The fourth-order valence-electron chi connectivity index (χ4n) is 0.321. The van der Waals surface area contributed by atoms with E-state index in [2.05, 4.69) is 47.9 Å². The molecule has 0 aromatic heterocycles. The summed E-state index contributed by atoms with van der Waals surface area (Å²) in [6.45, 7) is 6.73. The molecule has 0 fully saturated rings. The average molecular weight is 206 g/mol. The van der Waals surface area contributed by atoms with Gasteiger partial charge in [-0.05, 0) is 12.2 Å². The van der Waals surface area contributed by atoms with Crippen molar-refractivity contribution in [1.29, 1.82) is 0 Å². The molecule has 0 aromatic rings. The molecule has 0 aromatic carbocycles. The first-order chi connectivity index (χ1) is 5.60. The smallest absolute Gasteiger partial charge is 0.416 e. The second-order valence-electron chi connectivity index (χ2n) is 1.74. The van der Waals surface area contributed by atoms with Crippen LogP contribution in [-0.2, 0) is 9.47 Å². The van der Waals surface area contributed by atoms with E-state index in [0.29, 0.717) is 0 Å². The Labute approximate surface area is 82.2 Å². The van der Waals surface area contributed by atoms with Crippen molar-refractivity contribution in [2.24, 2.45) is 0 Å². The molecular formula is C7H10O3S2. The number of hydrogen-bond donors (Lipinski definition) is 2. The third-order valence-corrected chi connectivity index (χ3v) is 1.47. The lowest BCUT2D eigenvalue weighted by Gasteiger charge is -2.10. The van der Waals surface area contributed by atoms with Crippen LogP contribution in [0.3, 0.4) is 0 Å². The van der Waals surface area contributed by atoms with E-state index < -0.39 is 17.0 Å². The molecule has 0 aliphatic heterocycles. The molecule has 0 heterocycles. The highest BCUT2D eigenvalue weighted by molar-refractivity contribution is 7.81. The first-order valence-corrected chi connectivity index (χ1v) is 4.12. The quantitative estimate of drug-likeness (QED) is 0.320. The summed E-state index contributed by atoms with van der Waals surface area (Å²) in [7, 11) is 0. The highest BCUT2D eigenvalue weighted by Gasteiger charge is 2.10. The SMILES string of the molecule is C=CC(S)OC(=O)OC(S)C=C. The lowest BCUT2D eigenvalue weighted by Crippen LogP contribution is -2.15. The predicted octanol–water partition coefficient (Wildman–Crippen LogP) is 2.02. The highest BCUT2D eigenvalue weighted by atomic mass is 32.1. The first-order valence-electron chi connectivity index (χ1n) is 3.08. The molecule has 2 unspecified atom stereocenters. The molecule has 0 aliphatic carbocycles. The number of rotatable bonds is 4. The Morgan fingerprint density at radius 2 is 1.50 bits per heavy atom. The summed E-state index contributed by atoms with van der Waals surface area (Å²) in [5.41, 5.74) is -1.33. The van der Waals surface area contributed by atoms with E-state index in [1.807, 2.05) is 0 Å². The highest BCUT2D eigenvalue weighted by Crippen LogP contribution is 2.05. The van der Waals surface area contributed by atoms with Crippen molar-refractivity contribution in [3.05, 3.63) is 25.3 Å². The van der Waals surface area contributed by atoms with Gasteiger partial charge in [0.2, 0.25) is 0 Å². The van der Waals surface area contributed by atoms with E-state index in [0.717, 1.165) is 0 Å². The average Bonchev–Trinajstić information content (AvgIpc) is 2.03. The van der Waals surface area contributed by atoms with Gasteiger partial charge in [-0.2, -0.15) is 0 Å². The lowest BCUT2D eigenvalue weighted by atomic mass is 10.7. The minimum atomic E-state index is -0.852. The van der Waals surface area contributed by atoms with Gasteiger partial charge in [0.05, 0.1) is 0 Å². The van der Waals surface area contributed by atoms with E-state index in [1.165, 1.54) is 12.2 Å². The molecule has 5 heteroatoms. The summed E-state index contributed by atoms with van der Waals surface area (Å²) in [6, 6.07) is 0. The maximum Gasteiger partial charge on any atom is 0.511 e. The Hall–Kier alpha value is -0.550. The maximum absolute atomic E-state index is 10.7. The van der Waals surface area contributed by atoms with E-state index in [4.69, 9.17) is 0 Å². The summed E-state index contributed by atoms with van der Waals surface area (Å²) in [4.78, 5) is 10.7. The minimum Gasteiger partial charge on any atom is -0.416 e. The van der Waals surface area contributed by atoms with Crippen LogP contribution in [-0.4, -0.2) is 17.0 Å². The Bertz CT molecular complexity index is 163. The standard InChI is InChI=1S/C7H10O3S2/c1-3-5(11)9-7(8)10-6(12)4-2/h3-6,11-12H,1-2H2. The monoisotopic (exact) mass is 206 g/mol. The van der Waals surface area contributed by atoms with Gasteiger partial charge in [-0.1, -0.05) is 13.2 Å². The molecule has 0 amide bonds. The number of carbonyl (C=O) groups is 1. The summed E-state index contributed by atoms with van der Waals surface area (Å²) in [6.07, 6.45) is 1.85. The lowest BCUT2D eigenvalue weighted by molar-refractivity contribution is 0.0587. The number of thiol groups is 2. The molecule has 0 saturated carbocycles. The zero-order valence-corrected chi connectivity index (χ0v) is 8.13. The maximum atomic E-state index is 10.7. The summed E-state index contributed by atoms with van der Waals surface area (Å²) < 4.78 is 9.12. The van der Waals surface area contributed by atoms with Crippen LogP contribution in [0.4, 0.5) is 4.79 Å². The molecular weight excluding hydrogens is 196 g/mol. The second-order valence-corrected chi connectivity index (χ2v) is 2.76. The molecule has 12 heavy (non-hydrogen) atoms. The van der Waals surface area contributed by atoms with Gasteiger partial charge in [-0.3, -0.25) is 0 Å². The van der Waals surface area contributed by atoms with Crippen molar-refractivity contribution in [3.8, 4) is 0 Å². The molecule has 0 aliphatic rings. The third kappa shape index (κ3) is 5.15. The Morgan fingerprint density at radius 3 is 1.75 bits per heavy atom. The van der Waals surface area contributed by atoms with Crippen molar-refractivity contribution >= 4 is 31.4 Å². The van der Waals surface area contributed by atoms with Gasteiger partial charge in [0, 0.05) is 0 Å². The molecule has 0 radical (unpaired) electrons. The molecule has 68 valence electrons. The fourth-order valence-corrected chi connectivity index (χ4v) is 0.493. The third-order valence-electron chi connectivity index (χ3n) is 0.837. The van der Waals surface area contributed by atoms with Gasteiger partial charge in [-0.25, -0.2) is 4.79 Å². The van der Waals surface area contributed by atoms with Crippen molar-refractivity contribution in [2.45, 2.75) is 10.9 Å². The van der Waals surface area contributed by atoms with Crippen molar-refractivity contribution in [2.75, 3.05) is 0 Å².